The Hall–Kier alpha value is -3.11. The molecule has 0 unspecified atom stereocenters. The third-order valence-corrected chi connectivity index (χ3v) is 5.42. The number of ether oxygens (including phenoxy) is 1. The van der Waals surface area contributed by atoms with Gasteiger partial charge in [-0.05, 0) is 24.6 Å². The molecule has 10 heteroatoms. The predicted octanol–water partition coefficient (Wildman–Crippen LogP) is 2.38. The number of anilines is 2. The van der Waals surface area contributed by atoms with Crippen LogP contribution in [0.5, 0.6) is 0 Å². The van der Waals surface area contributed by atoms with Gasteiger partial charge in [-0.3, -0.25) is 9.36 Å². The number of pyridine rings is 1. The van der Waals surface area contributed by atoms with E-state index in [1.807, 2.05) is 4.90 Å². The van der Waals surface area contributed by atoms with Crippen LogP contribution in [-0.2, 0) is 17.9 Å². The van der Waals surface area contributed by atoms with Gasteiger partial charge < -0.3 is 20.1 Å². The summed E-state index contributed by atoms with van der Waals surface area (Å²) in [5.41, 5.74) is 0.900. The monoisotopic (exact) mass is 431 g/mol. The minimum Gasteiger partial charge on any atom is -0.378 e. The third-order valence-electron chi connectivity index (χ3n) is 5.42. The summed E-state index contributed by atoms with van der Waals surface area (Å²) in [6, 6.07) is 6.92. The van der Waals surface area contributed by atoms with Crippen molar-refractivity contribution in [3.63, 3.8) is 0 Å². The molecule has 1 atom stereocenters. The molecular weight excluding hydrogens is 408 g/mol. The standard InChI is InChI=1S/C21H23F2N5O3/c1-13(14-4-3-5-15(10-14)21(22,23)30)26-18-16-11-17(28-6-8-31-9-7-28)20(29)27(2)19(16)25-12-24-18/h3-5,10-13,30H,6-9H2,1-2H3,(H,24,25,26)/t13-/m1/s1. The van der Waals surface area contributed by atoms with Crippen molar-refractivity contribution in [3.8, 4) is 0 Å². The van der Waals surface area contributed by atoms with Crippen LogP contribution >= 0.6 is 0 Å². The number of hydrogen-bond acceptors (Lipinski definition) is 7. The summed E-state index contributed by atoms with van der Waals surface area (Å²) in [7, 11) is 1.65. The van der Waals surface area contributed by atoms with Gasteiger partial charge in [0.2, 0.25) is 0 Å². The molecule has 3 aromatic rings. The van der Waals surface area contributed by atoms with E-state index >= 15 is 0 Å². The van der Waals surface area contributed by atoms with E-state index in [9.17, 15) is 13.6 Å². The summed E-state index contributed by atoms with van der Waals surface area (Å²) in [6.45, 7) is 4.10. The number of rotatable bonds is 5. The average molecular weight is 431 g/mol. The van der Waals surface area contributed by atoms with Crippen LogP contribution < -0.4 is 15.8 Å². The Balaban J connectivity index is 1.72. The van der Waals surface area contributed by atoms with Gasteiger partial charge in [0, 0.05) is 26.2 Å². The number of aromatic nitrogens is 3. The summed E-state index contributed by atoms with van der Waals surface area (Å²) in [5.74, 6) is 0.476. The van der Waals surface area contributed by atoms with Gasteiger partial charge in [0.15, 0.2) is 0 Å². The molecule has 0 aliphatic carbocycles. The zero-order chi connectivity index (χ0) is 22.2. The van der Waals surface area contributed by atoms with Crippen molar-refractivity contribution in [1.29, 1.82) is 0 Å². The van der Waals surface area contributed by atoms with E-state index in [1.165, 1.54) is 29.1 Å². The first-order valence-corrected chi connectivity index (χ1v) is 9.90. The number of hydrogen-bond donors (Lipinski definition) is 2. The van der Waals surface area contributed by atoms with Crippen molar-refractivity contribution in [1.82, 2.24) is 14.5 Å². The quantitative estimate of drug-likeness (QED) is 0.641. The van der Waals surface area contributed by atoms with Gasteiger partial charge in [-0.1, -0.05) is 18.2 Å². The zero-order valence-corrected chi connectivity index (χ0v) is 17.2. The lowest BCUT2D eigenvalue weighted by molar-refractivity contribution is -0.208. The lowest BCUT2D eigenvalue weighted by Crippen LogP contribution is -2.40. The summed E-state index contributed by atoms with van der Waals surface area (Å²) in [4.78, 5) is 23.4. The van der Waals surface area contributed by atoms with Crippen LogP contribution in [-0.4, -0.2) is 45.9 Å². The highest BCUT2D eigenvalue weighted by Crippen LogP contribution is 2.29. The summed E-state index contributed by atoms with van der Waals surface area (Å²) < 4.78 is 33.5. The number of nitrogens with zero attached hydrogens (tertiary/aromatic N) is 4. The summed E-state index contributed by atoms with van der Waals surface area (Å²) in [5, 5.41) is 12.9. The molecule has 0 amide bonds. The highest BCUT2D eigenvalue weighted by molar-refractivity contribution is 5.89. The van der Waals surface area contributed by atoms with Gasteiger partial charge in [0.1, 0.15) is 23.5 Å². The maximum absolute atomic E-state index is 13.3. The van der Waals surface area contributed by atoms with E-state index in [-0.39, 0.29) is 5.56 Å². The Bertz CT molecular complexity index is 1160. The van der Waals surface area contributed by atoms with Crippen LogP contribution in [0.15, 0.2) is 41.5 Å². The Morgan fingerprint density at radius 3 is 2.68 bits per heavy atom. The van der Waals surface area contributed by atoms with Crippen molar-refractivity contribution < 1.29 is 18.6 Å². The van der Waals surface area contributed by atoms with E-state index in [4.69, 9.17) is 9.84 Å². The minimum absolute atomic E-state index is 0.162. The molecule has 2 N–H and O–H groups in total. The van der Waals surface area contributed by atoms with Gasteiger partial charge in [0.25, 0.3) is 5.56 Å². The van der Waals surface area contributed by atoms with Gasteiger partial charge in [0.05, 0.1) is 24.2 Å². The van der Waals surface area contributed by atoms with Crippen molar-refractivity contribution in [2.75, 3.05) is 36.5 Å². The Labute approximate surface area is 177 Å². The van der Waals surface area contributed by atoms with Crippen molar-refractivity contribution in [3.05, 3.63) is 58.1 Å². The molecule has 31 heavy (non-hydrogen) atoms. The predicted molar refractivity (Wildman–Crippen MR) is 112 cm³/mol. The lowest BCUT2D eigenvalue weighted by atomic mass is 10.0. The fourth-order valence-corrected chi connectivity index (χ4v) is 3.68. The second-order valence-electron chi connectivity index (χ2n) is 7.49. The smallest absolute Gasteiger partial charge is 0.378 e. The molecule has 1 aliphatic rings. The Morgan fingerprint density at radius 1 is 1.23 bits per heavy atom. The molecule has 1 aromatic carbocycles. The van der Waals surface area contributed by atoms with Crippen molar-refractivity contribution >= 4 is 22.5 Å². The molecule has 1 fully saturated rings. The Morgan fingerprint density at radius 2 is 1.97 bits per heavy atom. The first-order chi connectivity index (χ1) is 14.8. The maximum Gasteiger partial charge on any atom is 0.380 e. The molecule has 4 rings (SSSR count). The highest BCUT2D eigenvalue weighted by Gasteiger charge is 2.28. The molecule has 164 valence electrons. The van der Waals surface area contributed by atoms with E-state index in [0.717, 1.165) is 0 Å². The topological polar surface area (TPSA) is 92.5 Å². The van der Waals surface area contributed by atoms with E-state index in [0.29, 0.717) is 54.4 Å². The van der Waals surface area contributed by atoms with Crippen LogP contribution in [0, 0.1) is 0 Å². The minimum atomic E-state index is -3.91. The molecule has 1 saturated heterocycles. The number of halogens is 2. The number of nitrogens with one attached hydrogen (secondary N) is 1. The highest BCUT2D eigenvalue weighted by atomic mass is 19.3. The number of aryl methyl sites for hydroxylation is 1. The van der Waals surface area contributed by atoms with Crippen LogP contribution in [0.25, 0.3) is 11.0 Å². The fourth-order valence-electron chi connectivity index (χ4n) is 3.68. The van der Waals surface area contributed by atoms with E-state index < -0.39 is 17.7 Å². The molecule has 3 heterocycles. The maximum atomic E-state index is 13.3. The molecule has 1 aliphatic heterocycles. The molecule has 0 bridgehead atoms. The third kappa shape index (κ3) is 4.21. The van der Waals surface area contributed by atoms with Crippen molar-refractivity contribution in [2.24, 2.45) is 7.05 Å². The van der Waals surface area contributed by atoms with Crippen molar-refractivity contribution in [2.45, 2.75) is 19.1 Å². The van der Waals surface area contributed by atoms with Crippen LogP contribution in [0.1, 0.15) is 24.1 Å². The number of aliphatic hydroxyl groups is 1. The second kappa shape index (κ2) is 8.20. The Kier molecular flexibility index (Phi) is 5.59. The van der Waals surface area contributed by atoms with Crippen LogP contribution in [0.3, 0.4) is 0 Å². The number of morpholine rings is 1. The van der Waals surface area contributed by atoms with E-state index in [2.05, 4.69) is 15.3 Å². The largest absolute Gasteiger partial charge is 0.380 e. The number of benzene rings is 1. The number of alkyl halides is 2. The molecule has 2 aromatic heterocycles. The van der Waals surface area contributed by atoms with Gasteiger partial charge in [-0.15, -0.1) is 0 Å². The first kappa shape index (κ1) is 21.1. The van der Waals surface area contributed by atoms with E-state index in [1.54, 1.807) is 26.1 Å². The van der Waals surface area contributed by atoms with Gasteiger partial charge in [-0.2, -0.15) is 8.78 Å². The average Bonchev–Trinajstić information content (AvgIpc) is 2.76. The normalized spacial score (nSPS) is 15.8. The summed E-state index contributed by atoms with van der Waals surface area (Å²) in [6.07, 6.45) is -2.56. The molecule has 8 nitrogen and oxygen atoms in total. The first-order valence-electron chi connectivity index (χ1n) is 9.90. The van der Waals surface area contributed by atoms with Crippen LogP contribution in [0.4, 0.5) is 20.3 Å². The van der Waals surface area contributed by atoms with Gasteiger partial charge in [-0.25, -0.2) is 9.97 Å². The zero-order valence-electron chi connectivity index (χ0n) is 17.2. The lowest BCUT2D eigenvalue weighted by Gasteiger charge is -2.28. The molecule has 0 saturated carbocycles. The molecule has 0 radical (unpaired) electrons. The number of fused-ring (bicyclic) bond motifs is 1. The molecular formula is C21H23F2N5O3. The SMILES string of the molecule is C[C@@H](Nc1ncnc2c1cc(N1CCOCC1)c(=O)n2C)c1cccc(C(O)(F)F)c1. The molecule has 0 spiro atoms. The second-order valence-corrected chi connectivity index (χ2v) is 7.49. The fraction of sp³-hybridized carbons (Fsp3) is 0.381. The van der Waals surface area contributed by atoms with Gasteiger partial charge >= 0.3 is 6.11 Å². The summed E-state index contributed by atoms with van der Waals surface area (Å²) >= 11 is 0. The van der Waals surface area contributed by atoms with Crippen LogP contribution in [0.2, 0.25) is 0 Å².